The maximum absolute atomic E-state index is 12.6. The molecule has 2 atom stereocenters. The van der Waals surface area contributed by atoms with E-state index < -0.39 is 18.2 Å². The molecule has 0 aromatic heterocycles. The predicted octanol–water partition coefficient (Wildman–Crippen LogP) is 12.3. The molecule has 0 aliphatic carbocycles. The minimum atomic E-state index is -0.488. The molecule has 1 N–H and O–H groups in total. The molecule has 0 rings (SSSR count). The van der Waals surface area contributed by atoms with Gasteiger partial charge in [0, 0.05) is 32.5 Å². The average molecular weight is 809 g/mol. The van der Waals surface area contributed by atoms with Crippen molar-refractivity contribution < 1.29 is 43.2 Å². The Morgan fingerprint density at radius 1 is 0.456 bits per heavy atom. The fourth-order valence-corrected chi connectivity index (χ4v) is 6.46. The molecule has 0 aliphatic heterocycles. The van der Waals surface area contributed by atoms with Gasteiger partial charge in [-0.25, -0.2) is 0 Å². The molecule has 57 heavy (non-hydrogen) atoms. The Morgan fingerprint density at radius 3 is 1.35 bits per heavy atom. The third-order valence-corrected chi connectivity index (χ3v) is 10.2. The Hall–Kier alpha value is -2.23. The van der Waals surface area contributed by atoms with Crippen LogP contribution in [-0.2, 0) is 38.1 Å². The van der Waals surface area contributed by atoms with Gasteiger partial charge in [-0.05, 0) is 83.0 Å². The number of esters is 3. The lowest BCUT2D eigenvalue weighted by Crippen LogP contribution is -2.25. The maximum atomic E-state index is 12.6. The van der Waals surface area contributed by atoms with E-state index >= 15 is 0 Å². The largest absolute Gasteiger partial charge is 0.465 e. The summed E-state index contributed by atoms with van der Waals surface area (Å²) in [5, 5.41) is 9.80. The van der Waals surface area contributed by atoms with Crippen molar-refractivity contribution in [3.8, 4) is 0 Å². The van der Waals surface area contributed by atoms with Gasteiger partial charge < -0.3 is 28.8 Å². The summed E-state index contributed by atoms with van der Waals surface area (Å²) in [7, 11) is 0. The van der Waals surface area contributed by atoms with Crippen LogP contribution in [0, 0.1) is 11.8 Å². The molecule has 2 unspecified atom stereocenters. The topological polar surface area (TPSA) is 118 Å². The minimum absolute atomic E-state index is 0.0113. The molecule has 0 saturated carbocycles. The molecule has 0 bridgehead atoms. The van der Waals surface area contributed by atoms with Crippen molar-refractivity contribution in [3.05, 3.63) is 24.3 Å². The van der Waals surface area contributed by atoms with Crippen LogP contribution in [-0.4, -0.2) is 68.9 Å². The molecule has 0 heterocycles. The molecule has 0 aromatic carbocycles. The zero-order chi connectivity index (χ0) is 41.9. The summed E-state index contributed by atoms with van der Waals surface area (Å²) in [6.45, 7) is 10.1. The van der Waals surface area contributed by atoms with E-state index in [4.69, 9.17) is 23.7 Å². The fourth-order valence-electron chi connectivity index (χ4n) is 6.46. The Morgan fingerprint density at radius 2 is 0.877 bits per heavy atom. The monoisotopic (exact) mass is 809 g/mol. The third-order valence-electron chi connectivity index (χ3n) is 10.2. The van der Waals surface area contributed by atoms with Crippen LogP contribution in [0.3, 0.4) is 0 Å². The van der Waals surface area contributed by atoms with Gasteiger partial charge in [0.05, 0.1) is 38.8 Å². The van der Waals surface area contributed by atoms with E-state index in [-0.39, 0.29) is 44.6 Å². The Labute approximate surface area is 349 Å². The van der Waals surface area contributed by atoms with Crippen molar-refractivity contribution in [2.75, 3.05) is 39.6 Å². The summed E-state index contributed by atoms with van der Waals surface area (Å²) in [5.41, 5.74) is 0. The molecule has 0 amide bonds. The van der Waals surface area contributed by atoms with Gasteiger partial charge >= 0.3 is 17.9 Å². The minimum Gasteiger partial charge on any atom is -0.465 e. The summed E-state index contributed by atoms with van der Waals surface area (Å²) < 4.78 is 28.5. The van der Waals surface area contributed by atoms with E-state index in [1.807, 2.05) is 0 Å². The van der Waals surface area contributed by atoms with Crippen LogP contribution in [0.5, 0.6) is 0 Å². The number of unbranched alkanes of at least 4 members (excludes halogenated alkanes) is 15. The van der Waals surface area contributed by atoms with E-state index in [0.29, 0.717) is 45.0 Å². The summed E-state index contributed by atoms with van der Waals surface area (Å²) in [6.07, 6.45) is 35.6. The highest BCUT2D eigenvalue weighted by Gasteiger charge is 2.17. The highest BCUT2D eigenvalue weighted by atomic mass is 16.7. The van der Waals surface area contributed by atoms with Crippen LogP contribution in [0.15, 0.2) is 24.3 Å². The lowest BCUT2D eigenvalue weighted by molar-refractivity contribution is -0.161. The molecular weight excluding hydrogens is 721 g/mol. The van der Waals surface area contributed by atoms with Crippen molar-refractivity contribution in [2.24, 2.45) is 11.8 Å². The van der Waals surface area contributed by atoms with Crippen LogP contribution in [0.1, 0.15) is 207 Å². The number of aliphatic hydroxyl groups excluding tert-OH is 1. The van der Waals surface area contributed by atoms with E-state index in [2.05, 4.69) is 52.0 Å². The molecule has 0 saturated heterocycles. The molecule has 0 fully saturated rings. The normalized spacial score (nSPS) is 12.8. The van der Waals surface area contributed by atoms with Crippen molar-refractivity contribution in [3.63, 3.8) is 0 Å². The highest BCUT2D eigenvalue weighted by molar-refractivity contribution is 5.70. The van der Waals surface area contributed by atoms with Gasteiger partial charge in [-0.3, -0.25) is 14.4 Å². The van der Waals surface area contributed by atoms with Gasteiger partial charge in [0.25, 0.3) is 0 Å². The van der Waals surface area contributed by atoms with Crippen LogP contribution in [0.2, 0.25) is 0 Å². The van der Waals surface area contributed by atoms with Crippen LogP contribution in [0.4, 0.5) is 0 Å². The Kier molecular flexibility index (Phi) is 41.7. The van der Waals surface area contributed by atoms with E-state index in [9.17, 15) is 19.5 Å². The highest BCUT2D eigenvalue weighted by Crippen LogP contribution is 2.20. The molecule has 0 spiro atoms. The van der Waals surface area contributed by atoms with E-state index in [0.717, 1.165) is 83.5 Å². The summed E-state index contributed by atoms with van der Waals surface area (Å²) >= 11 is 0. The number of carbonyl (C=O) groups excluding carboxylic acids is 3. The lowest BCUT2D eigenvalue weighted by Gasteiger charge is -2.19. The number of ether oxygens (including phenoxy) is 5. The van der Waals surface area contributed by atoms with E-state index in [1.165, 1.54) is 64.2 Å². The first kappa shape index (κ1) is 54.8. The molecular formula is C48H88O9. The van der Waals surface area contributed by atoms with Crippen LogP contribution in [0.25, 0.3) is 0 Å². The SMILES string of the molecule is CC/C=C\CCCCOC(CCC(=O)OCC(CO)COC(=O)CCCCCCC(=O)OCC(CCCCCC)CCCCCCCC)OCCCC/C=C\CC. The standard InChI is InChI=1S/C48H88O9/c1-5-9-13-17-20-26-32-43(31-25-16-12-8-4)40-55-45(50)33-27-21-22-28-34-46(51)56-41-44(39-49)42-57-47(52)35-36-48(53-37-29-23-18-14-10-6-2)54-38-30-24-19-15-11-7-3/h10-11,14-15,43-44,48-49H,5-9,12-13,16-42H2,1-4H3/b14-10-,15-11-. The van der Waals surface area contributed by atoms with Gasteiger partial charge in [0.15, 0.2) is 6.29 Å². The van der Waals surface area contributed by atoms with Crippen molar-refractivity contribution in [1.29, 1.82) is 0 Å². The van der Waals surface area contributed by atoms with Crippen molar-refractivity contribution in [1.82, 2.24) is 0 Å². The Bertz CT molecular complexity index is 942. The quantitative estimate of drug-likeness (QED) is 0.0211. The molecule has 9 heteroatoms. The first-order valence-electron chi connectivity index (χ1n) is 23.5. The van der Waals surface area contributed by atoms with Gasteiger partial charge in [-0.15, -0.1) is 0 Å². The number of aliphatic hydroxyl groups is 1. The molecule has 0 radical (unpaired) electrons. The second-order valence-electron chi connectivity index (χ2n) is 15.7. The molecule has 0 aromatic rings. The smallest absolute Gasteiger partial charge is 0.305 e. The number of hydrogen-bond donors (Lipinski definition) is 1. The average Bonchev–Trinajstić information content (AvgIpc) is 3.21. The second kappa shape index (κ2) is 43.4. The number of carbonyl (C=O) groups is 3. The van der Waals surface area contributed by atoms with Gasteiger partial charge in [0.1, 0.15) is 0 Å². The van der Waals surface area contributed by atoms with Crippen LogP contribution >= 0.6 is 0 Å². The van der Waals surface area contributed by atoms with Crippen molar-refractivity contribution in [2.45, 2.75) is 214 Å². The molecule has 0 aliphatic rings. The van der Waals surface area contributed by atoms with Crippen LogP contribution < -0.4 is 0 Å². The molecule has 334 valence electrons. The summed E-state index contributed by atoms with van der Waals surface area (Å²) in [5.74, 6) is -0.872. The first-order valence-corrected chi connectivity index (χ1v) is 23.5. The lowest BCUT2D eigenvalue weighted by atomic mass is 9.95. The summed E-state index contributed by atoms with van der Waals surface area (Å²) in [6, 6.07) is 0. The van der Waals surface area contributed by atoms with Gasteiger partial charge in [-0.2, -0.15) is 0 Å². The maximum Gasteiger partial charge on any atom is 0.305 e. The van der Waals surface area contributed by atoms with Gasteiger partial charge in [-0.1, -0.05) is 129 Å². The number of hydrogen-bond acceptors (Lipinski definition) is 9. The van der Waals surface area contributed by atoms with Crippen molar-refractivity contribution >= 4 is 17.9 Å². The zero-order valence-corrected chi connectivity index (χ0v) is 37.3. The second-order valence-corrected chi connectivity index (χ2v) is 15.7. The molecule has 9 nitrogen and oxygen atoms in total. The summed E-state index contributed by atoms with van der Waals surface area (Å²) in [4.78, 5) is 37.4. The number of allylic oxidation sites excluding steroid dienone is 4. The fraction of sp³-hybridized carbons (Fsp3) is 0.854. The number of rotatable bonds is 43. The third kappa shape index (κ3) is 39.0. The first-order chi connectivity index (χ1) is 27.9. The van der Waals surface area contributed by atoms with Gasteiger partial charge in [0.2, 0.25) is 0 Å². The Balaban J connectivity index is 4.31. The predicted molar refractivity (Wildman–Crippen MR) is 233 cm³/mol. The zero-order valence-electron chi connectivity index (χ0n) is 37.3. The van der Waals surface area contributed by atoms with E-state index in [1.54, 1.807) is 0 Å².